The molecule has 1 saturated heterocycles. The molecule has 1 heterocycles. The summed E-state index contributed by atoms with van der Waals surface area (Å²) in [5, 5.41) is 2.94. The number of hydrogen-bond acceptors (Lipinski definition) is 3. The zero-order valence-corrected chi connectivity index (χ0v) is 12.0. The molecule has 0 saturated carbocycles. The molecule has 2 rings (SSSR count). The van der Waals surface area contributed by atoms with Crippen LogP contribution in [0.3, 0.4) is 0 Å². The van der Waals surface area contributed by atoms with Crippen molar-refractivity contribution in [3.05, 3.63) is 29.6 Å². The van der Waals surface area contributed by atoms with Gasteiger partial charge in [-0.15, -0.1) is 0 Å². The van der Waals surface area contributed by atoms with Crippen LogP contribution in [0.25, 0.3) is 0 Å². The van der Waals surface area contributed by atoms with Crippen LogP contribution in [0.5, 0.6) is 0 Å². The third-order valence-corrected chi connectivity index (χ3v) is 3.48. The first-order chi connectivity index (χ1) is 9.67. The Balaban J connectivity index is 2.22. The Morgan fingerprint density at radius 2 is 2.30 bits per heavy atom. The van der Waals surface area contributed by atoms with Crippen LogP contribution in [0, 0.1) is 5.82 Å². The predicted molar refractivity (Wildman–Crippen MR) is 76.5 cm³/mol. The molecule has 1 aromatic carbocycles. The van der Waals surface area contributed by atoms with E-state index in [0.29, 0.717) is 37.5 Å². The second-order valence-corrected chi connectivity index (χ2v) is 4.84. The summed E-state index contributed by atoms with van der Waals surface area (Å²) < 4.78 is 19.4. The fourth-order valence-electron chi connectivity index (χ4n) is 2.38. The van der Waals surface area contributed by atoms with Gasteiger partial charge in [0.05, 0.1) is 24.0 Å². The van der Waals surface area contributed by atoms with Gasteiger partial charge in [0.1, 0.15) is 5.82 Å². The van der Waals surface area contributed by atoms with Gasteiger partial charge in [0.2, 0.25) is 0 Å². The summed E-state index contributed by atoms with van der Waals surface area (Å²) in [5.74, 6) is -0.528. The summed E-state index contributed by atoms with van der Waals surface area (Å²) in [6.45, 7) is 6.14. The number of morpholine rings is 1. The first-order valence-electron chi connectivity index (χ1n) is 7.10. The van der Waals surface area contributed by atoms with Crippen molar-refractivity contribution < 1.29 is 13.9 Å². The summed E-state index contributed by atoms with van der Waals surface area (Å²) in [4.78, 5) is 14.3. The Kier molecular flexibility index (Phi) is 4.95. The molecule has 5 heteroatoms. The van der Waals surface area contributed by atoms with Crippen molar-refractivity contribution in [3.8, 4) is 0 Å². The second kappa shape index (κ2) is 6.70. The van der Waals surface area contributed by atoms with Gasteiger partial charge in [0.25, 0.3) is 5.91 Å². The zero-order chi connectivity index (χ0) is 14.5. The van der Waals surface area contributed by atoms with Gasteiger partial charge in [-0.05, 0) is 25.5 Å². The lowest BCUT2D eigenvalue weighted by Crippen LogP contribution is -2.45. The van der Waals surface area contributed by atoms with E-state index in [0.717, 1.165) is 6.42 Å². The van der Waals surface area contributed by atoms with E-state index in [-0.39, 0.29) is 12.0 Å². The van der Waals surface area contributed by atoms with Crippen molar-refractivity contribution in [2.75, 3.05) is 31.6 Å². The standard InChI is InChI=1S/C15H21FN2O2/c1-3-11-10-18(8-9-20-11)15(19)12-6-5-7-13(16)14(12)17-4-2/h5-7,11,17H,3-4,8-10H2,1-2H3. The summed E-state index contributed by atoms with van der Waals surface area (Å²) >= 11 is 0. The molecule has 1 aliphatic heterocycles. The normalized spacial score (nSPS) is 18.9. The lowest BCUT2D eigenvalue weighted by atomic mass is 10.1. The predicted octanol–water partition coefficient (Wildman–Crippen LogP) is 2.51. The Bertz CT molecular complexity index is 479. The van der Waals surface area contributed by atoms with Crippen molar-refractivity contribution >= 4 is 11.6 Å². The highest BCUT2D eigenvalue weighted by Crippen LogP contribution is 2.22. The summed E-state index contributed by atoms with van der Waals surface area (Å²) in [6, 6.07) is 4.60. The minimum atomic E-state index is -0.391. The van der Waals surface area contributed by atoms with Crippen LogP contribution in [-0.4, -0.2) is 43.2 Å². The molecule has 0 spiro atoms. The Hall–Kier alpha value is -1.62. The summed E-state index contributed by atoms with van der Waals surface area (Å²) in [6.07, 6.45) is 0.941. The number of nitrogens with one attached hydrogen (secondary N) is 1. The molecular weight excluding hydrogens is 259 g/mol. The first kappa shape index (κ1) is 14.8. The van der Waals surface area contributed by atoms with Crippen LogP contribution in [0.1, 0.15) is 30.6 Å². The van der Waals surface area contributed by atoms with Gasteiger partial charge in [-0.3, -0.25) is 4.79 Å². The van der Waals surface area contributed by atoms with Crippen molar-refractivity contribution in [3.63, 3.8) is 0 Å². The molecule has 1 amide bonds. The van der Waals surface area contributed by atoms with E-state index in [1.165, 1.54) is 6.07 Å². The van der Waals surface area contributed by atoms with Gasteiger partial charge < -0.3 is 15.0 Å². The highest BCUT2D eigenvalue weighted by Gasteiger charge is 2.26. The second-order valence-electron chi connectivity index (χ2n) is 4.84. The molecule has 110 valence electrons. The fraction of sp³-hybridized carbons (Fsp3) is 0.533. The molecule has 4 nitrogen and oxygen atoms in total. The number of amides is 1. The Morgan fingerprint density at radius 1 is 1.50 bits per heavy atom. The van der Waals surface area contributed by atoms with E-state index in [4.69, 9.17) is 4.74 Å². The van der Waals surface area contributed by atoms with Crippen molar-refractivity contribution in [2.24, 2.45) is 0 Å². The van der Waals surface area contributed by atoms with Crippen molar-refractivity contribution in [1.82, 2.24) is 4.90 Å². The maximum Gasteiger partial charge on any atom is 0.256 e. The van der Waals surface area contributed by atoms with E-state index in [2.05, 4.69) is 5.32 Å². The average molecular weight is 280 g/mol. The fourth-order valence-corrected chi connectivity index (χ4v) is 2.38. The number of rotatable bonds is 4. The van der Waals surface area contributed by atoms with Gasteiger partial charge in [-0.2, -0.15) is 0 Å². The van der Waals surface area contributed by atoms with E-state index >= 15 is 0 Å². The topological polar surface area (TPSA) is 41.6 Å². The average Bonchev–Trinajstić information content (AvgIpc) is 2.49. The lowest BCUT2D eigenvalue weighted by Gasteiger charge is -2.33. The Morgan fingerprint density at radius 3 is 3.00 bits per heavy atom. The summed E-state index contributed by atoms with van der Waals surface area (Å²) in [5.41, 5.74) is 0.683. The van der Waals surface area contributed by atoms with Crippen LogP contribution in [0.4, 0.5) is 10.1 Å². The molecular formula is C15H21FN2O2. The molecule has 0 bridgehead atoms. The maximum absolute atomic E-state index is 13.8. The highest BCUT2D eigenvalue weighted by molar-refractivity contribution is 5.99. The van der Waals surface area contributed by atoms with Crippen LogP contribution in [0.15, 0.2) is 18.2 Å². The van der Waals surface area contributed by atoms with Crippen LogP contribution >= 0.6 is 0 Å². The van der Waals surface area contributed by atoms with E-state index in [1.807, 2.05) is 13.8 Å². The molecule has 0 aliphatic carbocycles. The third kappa shape index (κ3) is 3.10. The first-order valence-corrected chi connectivity index (χ1v) is 7.10. The molecule has 1 unspecified atom stereocenters. The van der Waals surface area contributed by atoms with Gasteiger partial charge in [-0.25, -0.2) is 4.39 Å². The minimum absolute atomic E-state index is 0.0730. The molecule has 1 aliphatic rings. The Labute approximate surface area is 118 Å². The smallest absolute Gasteiger partial charge is 0.256 e. The number of anilines is 1. The summed E-state index contributed by atoms with van der Waals surface area (Å²) in [7, 11) is 0. The van der Waals surface area contributed by atoms with Gasteiger partial charge in [-0.1, -0.05) is 13.0 Å². The molecule has 20 heavy (non-hydrogen) atoms. The zero-order valence-electron chi connectivity index (χ0n) is 12.0. The van der Waals surface area contributed by atoms with E-state index < -0.39 is 5.82 Å². The van der Waals surface area contributed by atoms with Crippen LogP contribution in [-0.2, 0) is 4.74 Å². The van der Waals surface area contributed by atoms with Gasteiger partial charge >= 0.3 is 0 Å². The van der Waals surface area contributed by atoms with Gasteiger partial charge in [0.15, 0.2) is 0 Å². The number of ether oxygens (including phenoxy) is 1. The quantitative estimate of drug-likeness (QED) is 0.921. The molecule has 1 fully saturated rings. The SMILES string of the molecule is CCNc1c(F)cccc1C(=O)N1CCOC(CC)C1. The third-order valence-electron chi connectivity index (χ3n) is 3.48. The molecule has 0 aromatic heterocycles. The van der Waals surface area contributed by atoms with E-state index in [9.17, 15) is 9.18 Å². The van der Waals surface area contributed by atoms with E-state index in [1.54, 1.807) is 17.0 Å². The number of carbonyl (C=O) groups is 1. The molecule has 1 N–H and O–H groups in total. The number of nitrogens with zero attached hydrogens (tertiary/aromatic N) is 1. The van der Waals surface area contributed by atoms with Crippen molar-refractivity contribution in [1.29, 1.82) is 0 Å². The molecule has 1 aromatic rings. The number of carbonyl (C=O) groups excluding carboxylic acids is 1. The molecule has 1 atom stereocenters. The number of halogens is 1. The largest absolute Gasteiger partial charge is 0.382 e. The molecule has 0 radical (unpaired) electrons. The minimum Gasteiger partial charge on any atom is -0.382 e. The highest BCUT2D eigenvalue weighted by atomic mass is 19.1. The van der Waals surface area contributed by atoms with Crippen LogP contribution < -0.4 is 5.32 Å². The number of para-hydroxylation sites is 1. The van der Waals surface area contributed by atoms with Gasteiger partial charge in [0, 0.05) is 19.6 Å². The number of hydrogen-bond donors (Lipinski definition) is 1. The lowest BCUT2D eigenvalue weighted by molar-refractivity contribution is -0.0226. The monoisotopic (exact) mass is 280 g/mol. The maximum atomic E-state index is 13.8. The number of benzene rings is 1. The van der Waals surface area contributed by atoms with Crippen LogP contribution in [0.2, 0.25) is 0 Å². The van der Waals surface area contributed by atoms with Crippen molar-refractivity contribution in [2.45, 2.75) is 26.4 Å².